The van der Waals surface area contributed by atoms with Crippen molar-refractivity contribution in [2.75, 3.05) is 5.73 Å². The second-order valence-electron chi connectivity index (χ2n) is 4.42. The van der Waals surface area contributed by atoms with Crippen molar-refractivity contribution < 1.29 is 26.3 Å². The summed E-state index contributed by atoms with van der Waals surface area (Å²) in [7, 11) is 0. The van der Waals surface area contributed by atoms with Crippen molar-refractivity contribution in [1.82, 2.24) is 0 Å². The van der Waals surface area contributed by atoms with Gasteiger partial charge in [0.1, 0.15) is 0 Å². The number of nitrogens with two attached hydrogens (primary N) is 1. The maximum absolute atomic E-state index is 12.7. The molecule has 1 nitrogen and oxygen atoms in total. The lowest BCUT2D eigenvalue weighted by Crippen LogP contribution is -2.06. The molecule has 0 aliphatic carbocycles. The van der Waals surface area contributed by atoms with Crippen LogP contribution in [0.5, 0.6) is 0 Å². The van der Waals surface area contributed by atoms with Gasteiger partial charge in [0.2, 0.25) is 0 Å². The van der Waals surface area contributed by atoms with E-state index >= 15 is 0 Å². The van der Waals surface area contributed by atoms with Gasteiger partial charge >= 0.3 is 12.4 Å². The zero-order valence-electron chi connectivity index (χ0n) is 10.4. The van der Waals surface area contributed by atoms with E-state index < -0.39 is 23.5 Å². The van der Waals surface area contributed by atoms with Crippen LogP contribution in [0.15, 0.2) is 42.5 Å². The molecule has 0 aliphatic heterocycles. The van der Waals surface area contributed by atoms with E-state index in [-0.39, 0.29) is 16.8 Å². The molecule has 2 rings (SSSR count). The largest absolute Gasteiger partial charge is 0.416 e. The van der Waals surface area contributed by atoms with Crippen molar-refractivity contribution in [2.24, 2.45) is 0 Å². The minimum Gasteiger partial charge on any atom is -0.399 e. The van der Waals surface area contributed by atoms with E-state index in [4.69, 9.17) is 5.73 Å². The molecular weight excluding hydrogens is 296 g/mol. The number of rotatable bonds is 1. The van der Waals surface area contributed by atoms with Crippen molar-refractivity contribution in [3.63, 3.8) is 0 Å². The number of hydrogen-bond donors (Lipinski definition) is 1. The third kappa shape index (κ3) is 3.48. The Hall–Kier alpha value is -2.18. The van der Waals surface area contributed by atoms with Crippen molar-refractivity contribution >= 4 is 5.69 Å². The fraction of sp³-hybridized carbons (Fsp3) is 0.143. The van der Waals surface area contributed by atoms with Crippen LogP contribution < -0.4 is 5.73 Å². The Bertz CT molecular complexity index is 657. The van der Waals surface area contributed by atoms with Gasteiger partial charge in [-0.3, -0.25) is 0 Å². The van der Waals surface area contributed by atoms with E-state index in [2.05, 4.69) is 0 Å². The van der Waals surface area contributed by atoms with Gasteiger partial charge in [-0.25, -0.2) is 0 Å². The first kappa shape index (κ1) is 15.2. The van der Waals surface area contributed by atoms with Crippen molar-refractivity contribution in [3.8, 4) is 11.1 Å². The molecule has 112 valence electrons. The maximum Gasteiger partial charge on any atom is 0.416 e. The Kier molecular flexibility index (Phi) is 3.61. The summed E-state index contributed by atoms with van der Waals surface area (Å²) in [6, 6.07) is 6.77. The number of halogens is 6. The molecule has 0 unspecified atom stereocenters. The Balaban J connectivity index is 2.55. The fourth-order valence-corrected chi connectivity index (χ4v) is 1.86. The molecule has 0 aliphatic rings. The first-order valence-corrected chi connectivity index (χ1v) is 5.73. The van der Waals surface area contributed by atoms with Crippen LogP contribution in [0.1, 0.15) is 11.1 Å². The average molecular weight is 305 g/mol. The summed E-state index contributed by atoms with van der Waals surface area (Å²) >= 11 is 0. The molecule has 0 amide bonds. The summed E-state index contributed by atoms with van der Waals surface area (Å²) in [5, 5.41) is 0. The summed E-state index contributed by atoms with van der Waals surface area (Å²) in [6.07, 6.45) is -9.19. The van der Waals surface area contributed by atoms with E-state index in [1.54, 1.807) is 0 Å². The topological polar surface area (TPSA) is 26.0 Å². The van der Waals surface area contributed by atoms with E-state index in [9.17, 15) is 26.3 Å². The lowest BCUT2D eigenvalue weighted by Gasteiger charge is -2.12. The molecule has 0 spiro atoms. The minimum atomic E-state index is -4.62. The van der Waals surface area contributed by atoms with Crippen molar-refractivity contribution in [1.29, 1.82) is 0 Å². The molecular formula is C14H9F6N. The van der Waals surface area contributed by atoms with Crippen LogP contribution in [0.2, 0.25) is 0 Å². The average Bonchev–Trinajstić information content (AvgIpc) is 2.36. The predicted molar refractivity (Wildman–Crippen MR) is 66.3 cm³/mol. The molecule has 2 aromatic carbocycles. The van der Waals surface area contributed by atoms with Crippen LogP contribution in [-0.4, -0.2) is 0 Å². The molecule has 2 N–H and O–H groups in total. The van der Waals surface area contributed by atoms with Crippen LogP contribution in [-0.2, 0) is 12.4 Å². The maximum atomic E-state index is 12.7. The zero-order chi connectivity index (χ0) is 15.8. The highest BCUT2D eigenvalue weighted by atomic mass is 19.4. The number of benzene rings is 2. The highest BCUT2D eigenvalue weighted by Gasteiger charge is 2.32. The van der Waals surface area contributed by atoms with Crippen LogP contribution in [0, 0.1) is 0 Å². The molecule has 21 heavy (non-hydrogen) atoms. The number of hydrogen-bond acceptors (Lipinski definition) is 1. The van der Waals surface area contributed by atoms with Gasteiger partial charge in [0.25, 0.3) is 0 Å². The number of alkyl halides is 6. The van der Waals surface area contributed by atoms with Gasteiger partial charge < -0.3 is 5.73 Å². The molecule has 0 saturated carbocycles. The monoisotopic (exact) mass is 305 g/mol. The minimum absolute atomic E-state index is 0.0163. The van der Waals surface area contributed by atoms with Gasteiger partial charge in [-0.15, -0.1) is 0 Å². The van der Waals surface area contributed by atoms with E-state index in [0.717, 1.165) is 30.3 Å². The van der Waals surface area contributed by atoms with Crippen LogP contribution >= 0.6 is 0 Å². The normalized spacial score (nSPS) is 12.5. The molecule has 0 saturated heterocycles. The van der Waals surface area contributed by atoms with Gasteiger partial charge in [0.15, 0.2) is 0 Å². The summed E-state index contributed by atoms with van der Waals surface area (Å²) in [5.41, 5.74) is 3.28. The fourth-order valence-electron chi connectivity index (χ4n) is 1.86. The Morgan fingerprint density at radius 3 is 1.81 bits per heavy atom. The SMILES string of the molecule is Nc1cc(-c2cccc(C(F)(F)F)c2)cc(C(F)(F)F)c1. The Morgan fingerprint density at radius 2 is 1.24 bits per heavy atom. The van der Waals surface area contributed by atoms with E-state index in [1.807, 2.05) is 0 Å². The van der Waals surface area contributed by atoms with E-state index in [0.29, 0.717) is 0 Å². The molecule has 0 heterocycles. The molecule has 0 bridgehead atoms. The third-order valence-electron chi connectivity index (χ3n) is 2.81. The van der Waals surface area contributed by atoms with Crippen molar-refractivity contribution in [3.05, 3.63) is 53.6 Å². The molecule has 2 aromatic rings. The molecule has 0 fully saturated rings. The zero-order valence-corrected chi connectivity index (χ0v) is 10.4. The van der Waals surface area contributed by atoms with Crippen LogP contribution in [0.4, 0.5) is 32.0 Å². The highest BCUT2D eigenvalue weighted by molar-refractivity contribution is 5.69. The van der Waals surface area contributed by atoms with Gasteiger partial charge in [-0.1, -0.05) is 12.1 Å². The molecule has 7 heteroatoms. The smallest absolute Gasteiger partial charge is 0.399 e. The predicted octanol–water partition coefficient (Wildman–Crippen LogP) is 4.97. The summed E-state index contributed by atoms with van der Waals surface area (Å²) in [4.78, 5) is 0. The number of nitrogen functional groups attached to an aromatic ring is 1. The second kappa shape index (κ2) is 4.98. The molecule has 0 radical (unpaired) electrons. The first-order valence-electron chi connectivity index (χ1n) is 5.73. The van der Waals surface area contributed by atoms with Gasteiger partial charge in [-0.05, 0) is 41.5 Å². The van der Waals surface area contributed by atoms with E-state index in [1.165, 1.54) is 12.1 Å². The quantitative estimate of drug-likeness (QED) is 0.584. The summed E-state index contributed by atoms with van der Waals surface area (Å²) in [6.45, 7) is 0. The number of anilines is 1. The van der Waals surface area contributed by atoms with Gasteiger partial charge in [0.05, 0.1) is 11.1 Å². The van der Waals surface area contributed by atoms with Crippen LogP contribution in [0.25, 0.3) is 11.1 Å². The second-order valence-corrected chi connectivity index (χ2v) is 4.42. The Morgan fingerprint density at radius 1 is 0.667 bits per heavy atom. The summed E-state index contributed by atoms with van der Waals surface area (Å²) < 4.78 is 76.0. The van der Waals surface area contributed by atoms with Gasteiger partial charge in [-0.2, -0.15) is 26.3 Å². The first-order chi connectivity index (χ1) is 9.57. The molecule has 0 atom stereocenters. The Labute approximate surface area is 116 Å². The highest BCUT2D eigenvalue weighted by Crippen LogP contribution is 2.36. The van der Waals surface area contributed by atoms with Crippen LogP contribution in [0.3, 0.4) is 0 Å². The van der Waals surface area contributed by atoms with Gasteiger partial charge in [0, 0.05) is 5.69 Å². The third-order valence-corrected chi connectivity index (χ3v) is 2.81. The summed E-state index contributed by atoms with van der Waals surface area (Å²) in [5.74, 6) is 0. The van der Waals surface area contributed by atoms with Crippen molar-refractivity contribution in [2.45, 2.75) is 12.4 Å². The lowest BCUT2D eigenvalue weighted by molar-refractivity contribution is -0.138. The lowest BCUT2D eigenvalue weighted by atomic mass is 10.00. The molecule has 0 aromatic heterocycles. The standard InChI is InChI=1S/C14H9F6N/c15-13(16,17)10-3-1-2-8(4-10)9-5-11(14(18,19)20)7-12(21)6-9/h1-7H,21H2.